The molecular weight excluding hydrogens is 222 g/mol. The molecular formula is C12H14ClN3. The number of halogens is 1. The number of nitriles is 1. The highest BCUT2D eigenvalue weighted by Crippen LogP contribution is 2.23. The van der Waals surface area contributed by atoms with E-state index in [0.717, 1.165) is 18.9 Å². The molecule has 4 heteroatoms. The van der Waals surface area contributed by atoms with Crippen molar-refractivity contribution in [2.45, 2.75) is 19.8 Å². The first kappa shape index (κ1) is 11.2. The first-order valence-electron chi connectivity index (χ1n) is 5.51. The van der Waals surface area contributed by atoms with Gasteiger partial charge in [-0.1, -0.05) is 18.5 Å². The van der Waals surface area contributed by atoms with Gasteiger partial charge >= 0.3 is 0 Å². The zero-order valence-electron chi connectivity index (χ0n) is 9.28. The summed E-state index contributed by atoms with van der Waals surface area (Å²) < 4.78 is 0. The molecule has 2 rings (SSSR count). The second-order valence-corrected chi connectivity index (χ2v) is 4.73. The minimum atomic E-state index is 0.396. The minimum Gasteiger partial charge on any atom is -0.356 e. The maximum absolute atomic E-state index is 8.88. The third-order valence-corrected chi connectivity index (χ3v) is 3.08. The third-order valence-electron chi connectivity index (χ3n) is 2.89. The van der Waals surface area contributed by atoms with E-state index in [0.29, 0.717) is 16.6 Å². The number of pyridine rings is 1. The summed E-state index contributed by atoms with van der Waals surface area (Å²) in [6.45, 7) is 4.24. The van der Waals surface area contributed by atoms with Crippen LogP contribution in [0.15, 0.2) is 12.1 Å². The number of hydrogen-bond acceptors (Lipinski definition) is 3. The number of anilines is 1. The van der Waals surface area contributed by atoms with Gasteiger partial charge in [0.2, 0.25) is 0 Å². The SMILES string of the molecule is CC1CCCN(c2cc(C#N)cc(Cl)n2)C1. The van der Waals surface area contributed by atoms with Gasteiger partial charge in [-0.15, -0.1) is 0 Å². The summed E-state index contributed by atoms with van der Waals surface area (Å²) in [5.41, 5.74) is 0.577. The fourth-order valence-corrected chi connectivity index (χ4v) is 2.31. The third kappa shape index (κ3) is 2.45. The van der Waals surface area contributed by atoms with Crippen LogP contribution in [0.1, 0.15) is 25.3 Å². The van der Waals surface area contributed by atoms with Crippen LogP contribution < -0.4 is 4.90 Å². The van der Waals surface area contributed by atoms with Gasteiger partial charge in [-0.3, -0.25) is 0 Å². The average molecular weight is 236 g/mol. The lowest BCUT2D eigenvalue weighted by molar-refractivity contribution is 0.444. The van der Waals surface area contributed by atoms with Crippen LogP contribution in [0.4, 0.5) is 5.82 Å². The van der Waals surface area contributed by atoms with Crippen molar-refractivity contribution in [1.82, 2.24) is 4.98 Å². The molecule has 2 heterocycles. The van der Waals surface area contributed by atoms with Gasteiger partial charge in [-0.05, 0) is 30.9 Å². The Labute approximate surface area is 101 Å². The fourth-order valence-electron chi connectivity index (χ4n) is 2.11. The Morgan fingerprint density at radius 2 is 2.38 bits per heavy atom. The Kier molecular flexibility index (Phi) is 3.31. The standard InChI is InChI=1S/C12H14ClN3/c1-9-3-2-4-16(8-9)12-6-10(7-14)5-11(13)15-12/h5-6,9H,2-4,8H2,1H3. The Morgan fingerprint density at radius 3 is 3.06 bits per heavy atom. The molecule has 1 saturated heterocycles. The molecule has 3 nitrogen and oxygen atoms in total. The molecule has 16 heavy (non-hydrogen) atoms. The summed E-state index contributed by atoms with van der Waals surface area (Å²) in [6, 6.07) is 5.51. The van der Waals surface area contributed by atoms with E-state index < -0.39 is 0 Å². The second-order valence-electron chi connectivity index (χ2n) is 4.34. The second kappa shape index (κ2) is 4.71. The number of nitrogens with zero attached hydrogens (tertiary/aromatic N) is 3. The van der Waals surface area contributed by atoms with E-state index in [1.165, 1.54) is 12.8 Å². The molecule has 1 fully saturated rings. The zero-order valence-corrected chi connectivity index (χ0v) is 10.0. The molecule has 0 aliphatic carbocycles. The van der Waals surface area contributed by atoms with Gasteiger partial charge in [0.05, 0.1) is 11.6 Å². The molecule has 0 spiro atoms. The smallest absolute Gasteiger partial charge is 0.132 e. The highest BCUT2D eigenvalue weighted by Gasteiger charge is 2.18. The summed E-state index contributed by atoms with van der Waals surface area (Å²) >= 11 is 5.90. The van der Waals surface area contributed by atoms with Crippen molar-refractivity contribution in [3.63, 3.8) is 0 Å². The van der Waals surface area contributed by atoms with E-state index >= 15 is 0 Å². The topological polar surface area (TPSA) is 39.9 Å². The number of piperidine rings is 1. The normalized spacial score (nSPS) is 20.6. The quantitative estimate of drug-likeness (QED) is 0.703. The van der Waals surface area contributed by atoms with Crippen LogP contribution in [0.3, 0.4) is 0 Å². The van der Waals surface area contributed by atoms with E-state index in [9.17, 15) is 0 Å². The van der Waals surface area contributed by atoms with Gasteiger partial charge in [0.1, 0.15) is 11.0 Å². The largest absolute Gasteiger partial charge is 0.356 e. The van der Waals surface area contributed by atoms with Gasteiger partial charge in [-0.2, -0.15) is 5.26 Å². The summed E-state index contributed by atoms with van der Waals surface area (Å²) in [4.78, 5) is 6.49. The monoisotopic (exact) mass is 235 g/mol. The van der Waals surface area contributed by atoms with Gasteiger partial charge in [0.25, 0.3) is 0 Å². The summed E-state index contributed by atoms with van der Waals surface area (Å²) in [7, 11) is 0. The fraction of sp³-hybridized carbons (Fsp3) is 0.500. The van der Waals surface area contributed by atoms with Crippen molar-refractivity contribution in [3.05, 3.63) is 22.8 Å². The average Bonchev–Trinajstić information content (AvgIpc) is 2.28. The lowest BCUT2D eigenvalue weighted by Crippen LogP contribution is -2.34. The highest BCUT2D eigenvalue weighted by atomic mass is 35.5. The lowest BCUT2D eigenvalue weighted by atomic mass is 10.0. The Morgan fingerprint density at radius 1 is 1.56 bits per heavy atom. The maximum atomic E-state index is 8.88. The molecule has 1 unspecified atom stereocenters. The van der Waals surface area contributed by atoms with Gasteiger partial charge in [0, 0.05) is 13.1 Å². The van der Waals surface area contributed by atoms with Crippen LogP contribution in [0, 0.1) is 17.2 Å². The van der Waals surface area contributed by atoms with Crippen molar-refractivity contribution in [2.75, 3.05) is 18.0 Å². The van der Waals surface area contributed by atoms with E-state index in [1.54, 1.807) is 6.07 Å². The predicted octanol–water partition coefficient (Wildman–Crippen LogP) is 2.84. The first-order chi connectivity index (χ1) is 7.69. The van der Waals surface area contributed by atoms with Crippen LogP contribution in [0.2, 0.25) is 5.15 Å². The number of rotatable bonds is 1. The van der Waals surface area contributed by atoms with Crippen molar-refractivity contribution in [1.29, 1.82) is 5.26 Å². The van der Waals surface area contributed by atoms with Gasteiger partial charge < -0.3 is 4.90 Å². The number of hydrogen-bond donors (Lipinski definition) is 0. The predicted molar refractivity (Wildman–Crippen MR) is 64.6 cm³/mol. The van der Waals surface area contributed by atoms with E-state index in [2.05, 4.69) is 22.9 Å². The maximum Gasteiger partial charge on any atom is 0.132 e. The van der Waals surface area contributed by atoms with Crippen LogP contribution >= 0.6 is 11.6 Å². The molecule has 0 bridgehead atoms. The summed E-state index contributed by atoms with van der Waals surface area (Å²) in [6.07, 6.45) is 2.44. The zero-order chi connectivity index (χ0) is 11.5. The van der Waals surface area contributed by atoms with Crippen LogP contribution in [-0.4, -0.2) is 18.1 Å². The minimum absolute atomic E-state index is 0.396. The molecule has 1 atom stereocenters. The van der Waals surface area contributed by atoms with E-state index in [4.69, 9.17) is 16.9 Å². The molecule has 0 aromatic carbocycles. The molecule has 0 amide bonds. The number of aromatic nitrogens is 1. The van der Waals surface area contributed by atoms with Crippen molar-refractivity contribution < 1.29 is 0 Å². The van der Waals surface area contributed by atoms with Crippen LogP contribution in [0.5, 0.6) is 0 Å². The molecule has 0 N–H and O–H groups in total. The molecule has 0 saturated carbocycles. The lowest BCUT2D eigenvalue weighted by Gasteiger charge is -2.31. The summed E-state index contributed by atoms with van der Waals surface area (Å²) in [5, 5.41) is 9.28. The Hall–Kier alpha value is -1.27. The highest BCUT2D eigenvalue weighted by molar-refractivity contribution is 6.29. The molecule has 1 aliphatic heterocycles. The Bertz CT molecular complexity index is 425. The molecule has 84 valence electrons. The van der Waals surface area contributed by atoms with Crippen molar-refractivity contribution in [3.8, 4) is 6.07 Å². The molecule has 1 aromatic heterocycles. The van der Waals surface area contributed by atoms with Crippen LogP contribution in [0.25, 0.3) is 0 Å². The molecule has 1 aromatic rings. The van der Waals surface area contributed by atoms with Gasteiger partial charge in [-0.25, -0.2) is 4.98 Å². The van der Waals surface area contributed by atoms with E-state index in [1.807, 2.05) is 6.07 Å². The molecule has 1 aliphatic rings. The Balaban J connectivity index is 2.26. The molecule has 0 radical (unpaired) electrons. The first-order valence-corrected chi connectivity index (χ1v) is 5.89. The summed E-state index contributed by atoms with van der Waals surface area (Å²) in [5.74, 6) is 1.51. The van der Waals surface area contributed by atoms with Crippen molar-refractivity contribution >= 4 is 17.4 Å². The van der Waals surface area contributed by atoms with Gasteiger partial charge in [0.15, 0.2) is 0 Å². The van der Waals surface area contributed by atoms with E-state index in [-0.39, 0.29) is 0 Å². The van der Waals surface area contributed by atoms with Crippen LogP contribution in [-0.2, 0) is 0 Å². The van der Waals surface area contributed by atoms with Crippen molar-refractivity contribution in [2.24, 2.45) is 5.92 Å².